The van der Waals surface area contributed by atoms with E-state index in [4.69, 9.17) is 14.2 Å². The minimum absolute atomic E-state index is 0.0763. The van der Waals surface area contributed by atoms with E-state index in [9.17, 15) is 18.0 Å². The van der Waals surface area contributed by atoms with Crippen LogP contribution in [0.1, 0.15) is 50.3 Å². The number of amides is 1. The minimum atomic E-state index is -4.69. The summed E-state index contributed by atoms with van der Waals surface area (Å²) >= 11 is 3.32. The lowest BCUT2D eigenvalue weighted by molar-refractivity contribution is -0.137. The Labute approximate surface area is 279 Å². The van der Waals surface area contributed by atoms with Gasteiger partial charge >= 0.3 is 12.3 Å². The van der Waals surface area contributed by atoms with Crippen molar-refractivity contribution >= 4 is 39.2 Å². The van der Waals surface area contributed by atoms with E-state index in [1.54, 1.807) is 39.9 Å². The van der Waals surface area contributed by atoms with Crippen molar-refractivity contribution in [3.8, 4) is 11.5 Å². The van der Waals surface area contributed by atoms with E-state index >= 15 is 0 Å². The number of nitrogens with one attached hydrogen (secondary N) is 1. The fourth-order valence-electron chi connectivity index (χ4n) is 5.61. The molecule has 1 saturated heterocycles. The Balaban J connectivity index is 1.53. The monoisotopic (exact) mass is 718 g/mol. The predicted molar refractivity (Wildman–Crippen MR) is 176 cm³/mol. The molecule has 0 unspecified atom stereocenters. The quantitative estimate of drug-likeness (QED) is 0.194. The predicted octanol–water partition coefficient (Wildman–Crippen LogP) is 7.23. The molecule has 2 aromatic heterocycles. The first-order chi connectivity index (χ1) is 22.3. The Bertz CT molecular complexity index is 1630. The molecule has 4 aromatic rings. The average molecular weight is 720 g/mol. The third-order valence-corrected chi connectivity index (χ3v) is 8.56. The summed E-state index contributed by atoms with van der Waals surface area (Å²) in [4.78, 5) is 20.5. The largest absolute Gasteiger partial charge is 0.497 e. The van der Waals surface area contributed by atoms with Gasteiger partial charge in [0.2, 0.25) is 0 Å². The molecule has 0 atom stereocenters. The molecule has 0 saturated carbocycles. The molecule has 0 radical (unpaired) electrons. The summed E-state index contributed by atoms with van der Waals surface area (Å²) in [6.07, 6.45) is -3.10. The van der Waals surface area contributed by atoms with Crippen molar-refractivity contribution in [3.63, 3.8) is 0 Å². The molecular formula is C33H38BrF3N6O4. The number of carbonyl (C=O) groups is 1. The first-order valence-corrected chi connectivity index (χ1v) is 15.9. The normalized spacial score (nSPS) is 14.3. The van der Waals surface area contributed by atoms with Crippen LogP contribution in [-0.2, 0) is 24.0 Å². The molecule has 1 N–H and O–H groups in total. The molecule has 252 valence electrons. The van der Waals surface area contributed by atoms with Crippen LogP contribution in [-0.4, -0.2) is 59.6 Å². The third kappa shape index (κ3) is 8.03. The van der Waals surface area contributed by atoms with Crippen molar-refractivity contribution in [2.24, 2.45) is 0 Å². The fraction of sp³-hybridized carbons (Fsp3) is 0.424. The number of halogens is 4. The van der Waals surface area contributed by atoms with Gasteiger partial charge in [-0.05, 0) is 84.9 Å². The molecule has 1 aliphatic rings. The number of nitrogens with zero attached hydrogens (tertiary/aromatic N) is 5. The summed E-state index contributed by atoms with van der Waals surface area (Å²) in [7, 11) is 3.17. The number of benzene rings is 2. The highest BCUT2D eigenvalue weighted by atomic mass is 79.9. The number of anilines is 2. The Kier molecular flexibility index (Phi) is 10.1. The topological polar surface area (TPSA) is 93.5 Å². The van der Waals surface area contributed by atoms with Crippen molar-refractivity contribution in [3.05, 3.63) is 76.0 Å². The van der Waals surface area contributed by atoms with E-state index in [1.807, 2.05) is 53.4 Å². The average Bonchev–Trinajstić information content (AvgIpc) is 3.34. The number of rotatable bonds is 9. The second kappa shape index (κ2) is 13.9. The Morgan fingerprint density at radius 3 is 1.96 bits per heavy atom. The van der Waals surface area contributed by atoms with E-state index < -0.39 is 23.4 Å². The number of hydrogen-bond donors (Lipinski definition) is 1. The molecule has 1 fully saturated rings. The van der Waals surface area contributed by atoms with Crippen LogP contribution in [0.4, 0.5) is 29.6 Å². The number of methoxy groups -OCH3 is 2. The van der Waals surface area contributed by atoms with E-state index in [1.165, 1.54) is 10.8 Å². The summed E-state index contributed by atoms with van der Waals surface area (Å²) in [6.45, 7) is 6.54. The molecule has 1 aliphatic heterocycles. The first-order valence-electron chi connectivity index (χ1n) is 15.1. The van der Waals surface area contributed by atoms with Crippen LogP contribution in [0.2, 0.25) is 0 Å². The lowest BCUT2D eigenvalue weighted by Gasteiger charge is -2.34. The molecule has 2 aromatic carbocycles. The molecule has 0 spiro atoms. The van der Waals surface area contributed by atoms with Crippen molar-refractivity contribution in [2.45, 2.75) is 64.5 Å². The van der Waals surface area contributed by atoms with Crippen molar-refractivity contribution in [1.29, 1.82) is 0 Å². The smallest absolute Gasteiger partial charge is 0.421 e. The van der Waals surface area contributed by atoms with E-state index in [0.717, 1.165) is 11.1 Å². The van der Waals surface area contributed by atoms with E-state index in [0.29, 0.717) is 43.2 Å². The van der Waals surface area contributed by atoms with Gasteiger partial charge in [0, 0.05) is 32.2 Å². The van der Waals surface area contributed by atoms with Gasteiger partial charge in [-0.3, -0.25) is 0 Å². The lowest BCUT2D eigenvalue weighted by atomic mass is 10.0. The Hall–Kier alpha value is -4.20. The van der Waals surface area contributed by atoms with Gasteiger partial charge in [0.25, 0.3) is 0 Å². The molecule has 10 nitrogen and oxygen atoms in total. The van der Waals surface area contributed by atoms with Crippen LogP contribution in [0, 0.1) is 0 Å². The maximum absolute atomic E-state index is 14.8. The number of ether oxygens (including phenoxy) is 3. The highest BCUT2D eigenvalue weighted by Crippen LogP contribution is 2.47. The lowest BCUT2D eigenvalue weighted by Crippen LogP contribution is -2.46. The van der Waals surface area contributed by atoms with Crippen LogP contribution in [0.5, 0.6) is 11.5 Å². The Morgan fingerprint density at radius 2 is 1.49 bits per heavy atom. The molecule has 0 aliphatic carbocycles. The number of alkyl halides is 3. The number of aromatic nitrogens is 3. The molecule has 47 heavy (non-hydrogen) atoms. The van der Waals surface area contributed by atoms with Gasteiger partial charge in [-0.15, -0.1) is 0 Å². The highest BCUT2D eigenvalue weighted by molar-refractivity contribution is 9.10. The van der Waals surface area contributed by atoms with Crippen molar-refractivity contribution in [1.82, 2.24) is 19.9 Å². The van der Waals surface area contributed by atoms with Crippen LogP contribution in [0.15, 0.2) is 59.3 Å². The van der Waals surface area contributed by atoms with Gasteiger partial charge in [0.05, 0.1) is 18.7 Å². The summed E-state index contributed by atoms with van der Waals surface area (Å²) < 4.78 is 61.7. The summed E-state index contributed by atoms with van der Waals surface area (Å²) in [5, 5.41) is 7.19. The van der Waals surface area contributed by atoms with Crippen molar-refractivity contribution < 1.29 is 32.2 Å². The summed E-state index contributed by atoms with van der Waals surface area (Å²) in [5.41, 5.74) is 0.539. The fourth-order valence-corrected chi connectivity index (χ4v) is 6.36. The molecule has 5 rings (SSSR count). The number of piperidine rings is 1. The van der Waals surface area contributed by atoms with Gasteiger partial charge in [0.1, 0.15) is 40.3 Å². The second-order valence-corrected chi connectivity index (χ2v) is 13.1. The molecular weight excluding hydrogens is 681 g/mol. The van der Waals surface area contributed by atoms with E-state index in [2.05, 4.69) is 31.3 Å². The highest BCUT2D eigenvalue weighted by Gasteiger charge is 2.43. The maximum atomic E-state index is 14.8. The van der Waals surface area contributed by atoms with Gasteiger partial charge in [-0.2, -0.15) is 18.3 Å². The zero-order valence-electron chi connectivity index (χ0n) is 26.9. The summed E-state index contributed by atoms with van der Waals surface area (Å²) in [6, 6.07) is 14.8. The van der Waals surface area contributed by atoms with Crippen LogP contribution in [0.25, 0.3) is 5.52 Å². The third-order valence-electron chi connectivity index (χ3n) is 7.79. The first kappa shape index (κ1) is 34.1. The van der Waals surface area contributed by atoms with Gasteiger partial charge < -0.3 is 29.3 Å². The van der Waals surface area contributed by atoms with E-state index in [-0.39, 0.29) is 34.9 Å². The van der Waals surface area contributed by atoms with Crippen LogP contribution in [0.3, 0.4) is 0 Å². The molecule has 14 heteroatoms. The van der Waals surface area contributed by atoms with Gasteiger partial charge in [-0.1, -0.05) is 24.3 Å². The van der Waals surface area contributed by atoms with Gasteiger partial charge in [0.15, 0.2) is 5.82 Å². The number of fused-ring (bicyclic) bond motifs is 1. The minimum Gasteiger partial charge on any atom is -0.497 e. The standard InChI is InChI=1S/C33H38BrF3N6O4/c1-32(2,3)47-31(44)40-23-14-16-41(17-15-23)30-26(33(35,36)37)27(34)28-29(38-20-39-43(28)30)42(18-21-6-10-24(45-4)11-7-21)19-22-8-12-25(46-5)13-9-22/h6-13,20,23H,14-19H2,1-5H3,(H,40,44). The number of carbonyl (C=O) groups excluding carboxylic acids is 1. The van der Waals surface area contributed by atoms with Crippen molar-refractivity contribution in [2.75, 3.05) is 37.1 Å². The number of hydrogen-bond acceptors (Lipinski definition) is 8. The molecule has 3 heterocycles. The number of alkyl carbamates (subject to hydrolysis) is 1. The van der Waals surface area contributed by atoms with Crippen LogP contribution < -0.4 is 24.6 Å². The Morgan fingerprint density at radius 1 is 0.957 bits per heavy atom. The maximum Gasteiger partial charge on any atom is 0.421 e. The zero-order valence-corrected chi connectivity index (χ0v) is 28.5. The summed E-state index contributed by atoms with van der Waals surface area (Å²) in [5.74, 6) is 1.64. The van der Waals surface area contributed by atoms with Crippen LogP contribution >= 0.6 is 15.9 Å². The second-order valence-electron chi connectivity index (χ2n) is 12.3. The SMILES string of the molecule is COc1ccc(CN(Cc2ccc(OC)cc2)c2ncnn3c(N4CCC(NC(=O)OC(C)(C)C)CC4)c(C(F)(F)F)c(Br)c23)cc1. The molecule has 0 bridgehead atoms. The zero-order chi connectivity index (χ0) is 33.9. The molecule has 1 amide bonds. The van der Waals surface area contributed by atoms with Gasteiger partial charge in [-0.25, -0.2) is 14.3 Å².